The van der Waals surface area contributed by atoms with Gasteiger partial charge in [0, 0.05) is 5.69 Å². The number of carbonyl (C=O) groups excluding carboxylic acids is 2. The molecule has 1 heterocycles. The minimum absolute atomic E-state index is 0.00572. The zero-order valence-corrected chi connectivity index (χ0v) is 14.4. The third-order valence-electron chi connectivity index (χ3n) is 3.61. The highest BCUT2D eigenvalue weighted by Crippen LogP contribution is 2.14. The fraction of sp³-hybridized carbons (Fsp3) is 0.333. The van der Waals surface area contributed by atoms with Gasteiger partial charge in [0.05, 0.1) is 4.88 Å². The van der Waals surface area contributed by atoms with E-state index in [0.717, 1.165) is 12.1 Å². The number of nitrogens with one attached hydrogen (secondary N) is 2. The van der Waals surface area contributed by atoms with E-state index in [2.05, 4.69) is 17.6 Å². The van der Waals surface area contributed by atoms with Crippen LogP contribution in [-0.2, 0) is 11.2 Å². The molecule has 0 aliphatic carbocycles. The van der Waals surface area contributed by atoms with Crippen molar-refractivity contribution in [1.82, 2.24) is 5.32 Å². The molecule has 1 aromatic heterocycles. The van der Waals surface area contributed by atoms with Crippen molar-refractivity contribution in [3.8, 4) is 0 Å². The topological polar surface area (TPSA) is 58.2 Å². The second kappa shape index (κ2) is 7.92. The van der Waals surface area contributed by atoms with Crippen LogP contribution in [0.25, 0.3) is 0 Å². The van der Waals surface area contributed by atoms with Crippen molar-refractivity contribution in [2.24, 2.45) is 5.92 Å². The van der Waals surface area contributed by atoms with Crippen molar-refractivity contribution in [3.63, 3.8) is 0 Å². The second-order valence-electron chi connectivity index (χ2n) is 5.71. The monoisotopic (exact) mass is 330 g/mol. The summed E-state index contributed by atoms with van der Waals surface area (Å²) >= 11 is 1.36. The first-order valence-electron chi connectivity index (χ1n) is 7.75. The number of hydrogen-bond acceptors (Lipinski definition) is 3. The predicted molar refractivity (Wildman–Crippen MR) is 94.9 cm³/mol. The van der Waals surface area contributed by atoms with E-state index in [9.17, 15) is 9.59 Å². The van der Waals surface area contributed by atoms with Crippen LogP contribution >= 0.6 is 11.3 Å². The van der Waals surface area contributed by atoms with Crippen LogP contribution in [0.3, 0.4) is 0 Å². The van der Waals surface area contributed by atoms with E-state index in [1.54, 1.807) is 6.07 Å². The molecule has 4 nitrogen and oxygen atoms in total. The van der Waals surface area contributed by atoms with Crippen LogP contribution in [0.15, 0.2) is 41.8 Å². The van der Waals surface area contributed by atoms with Crippen molar-refractivity contribution in [2.45, 2.75) is 33.2 Å². The number of thiophene rings is 1. The van der Waals surface area contributed by atoms with Gasteiger partial charge in [0.1, 0.15) is 6.04 Å². The van der Waals surface area contributed by atoms with Crippen molar-refractivity contribution >= 4 is 28.8 Å². The van der Waals surface area contributed by atoms with Crippen LogP contribution in [0.1, 0.15) is 36.0 Å². The second-order valence-corrected chi connectivity index (χ2v) is 6.66. The van der Waals surface area contributed by atoms with E-state index in [-0.39, 0.29) is 17.7 Å². The highest BCUT2D eigenvalue weighted by molar-refractivity contribution is 7.12. The smallest absolute Gasteiger partial charge is 0.262 e. The normalized spacial score (nSPS) is 12.0. The summed E-state index contributed by atoms with van der Waals surface area (Å²) in [6.07, 6.45) is 0.958. The highest BCUT2D eigenvalue weighted by atomic mass is 32.1. The Morgan fingerprint density at radius 1 is 1.13 bits per heavy atom. The van der Waals surface area contributed by atoms with E-state index in [0.29, 0.717) is 4.88 Å². The maximum absolute atomic E-state index is 12.5. The Morgan fingerprint density at radius 2 is 1.83 bits per heavy atom. The number of benzene rings is 1. The Bertz CT molecular complexity index is 648. The Kier molecular flexibility index (Phi) is 5.93. The summed E-state index contributed by atoms with van der Waals surface area (Å²) in [5, 5.41) is 7.54. The number of amides is 2. The molecule has 2 amide bonds. The summed E-state index contributed by atoms with van der Waals surface area (Å²) in [7, 11) is 0. The summed E-state index contributed by atoms with van der Waals surface area (Å²) in [6.45, 7) is 5.92. The molecule has 23 heavy (non-hydrogen) atoms. The van der Waals surface area contributed by atoms with Gasteiger partial charge in [-0.3, -0.25) is 9.59 Å². The number of anilines is 1. The first-order valence-corrected chi connectivity index (χ1v) is 8.63. The molecule has 0 spiro atoms. The number of carbonyl (C=O) groups is 2. The summed E-state index contributed by atoms with van der Waals surface area (Å²) in [6, 6.07) is 10.7. The fourth-order valence-corrected chi connectivity index (χ4v) is 2.83. The molecule has 2 N–H and O–H groups in total. The first kappa shape index (κ1) is 17.2. The van der Waals surface area contributed by atoms with Gasteiger partial charge in [-0.25, -0.2) is 0 Å². The van der Waals surface area contributed by atoms with Crippen LogP contribution in [0.5, 0.6) is 0 Å². The average Bonchev–Trinajstić information content (AvgIpc) is 3.07. The van der Waals surface area contributed by atoms with Crippen LogP contribution in [-0.4, -0.2) is 17.9 Å². The highest BCUT2D eigenvalue weighted by Gasteiger charge is 2.25. The Balaban J connectivity index is 2.04. The molecule has 0 aliphatic rings. The van der Waals surface area contributed by atoms with E-state index in [4.69, 9.17) is 0 Å². The molecule has 0 aliphatic heterocycles. The van der Waals surface area contributed by atoms with Gasteiger partial charge in [-0.15, -0.1) is 11.3 Å². The molecular weight excluding hydrogens is 308 g/mol. The largest absolute Gasteiger partial charge is 0.339 e. The Morgan fingerprint density at radius 3 is 2.35 bits per heavy atom. The molecule has 2 aromatic rings. The average molecular weight is 330 g/mol. The summed E-state index contributed by atoms with van der Waals surface area (Å²) in [5.74, 6) is -0.418. The van der Waals surface area contributed by atoms with Crippen molar-refractivity contribution in [1.29, 1.82) is 0 Å². The van der Waals surface area contributed by atoms with Gasteiger partial charge in [0.25, 0.3) is 5.91 Å². The fourth-order valence-electron chi connectivity index (χ4n) is 2.20. The van der Waals surface area contributed by atoms with E-state index < -0.39 is 6.04 Å². The zero-order chi connectivity index (χ0) is 16.8. The molecule has 5 heteroatoms. The lowest BCUT2D eigenvalue weighted by molar-refractivity contribution is -0.118. The SMILES string of the molecule is CCc1ccc(NC(=O)[C@@H](NC(=O)c2cccs2)C(C)C)cc1. The number of rotatable bonds is 6. The minimum Gasteiger partial charge on any atom is -0.339 e. The summed E-state index contributed by atoms with van der Waals surface area (Å²) < 4.78 is 0. The van der Waals surface area contributed by atoms with Gasteiger partial charge in [-0.2, -0.15) is 0 Å². The molecule has 2 rings (SSSR count). The van der Waals surface area contributed by atoms with E-state index in [1.807, 2.05) is 49.6 Å². The Labute approximate surface area is 140 Å². The van der Waals surface area contributed by atoms with Gasteiger partial charge in [-0.05, 0) is 41.5 Å². The van der Waals surface area contributed by atoms with Crippen LogP contribution < -0.4 is 10.6 Å². The van der Waals surface area contributed by atoms with Gasteiger partial charge in [0.15, 0.2) is 0 Å². The quantitative estimate of drug-likeness (QED) is 0.848. The maximum Gasteiger partial charge on any atom is 0.262 e. The third-order valence-corrected chi connectivity index (χ3v) is 4.48. The lowest BCUT2D eigenvalue weighted by atomic mass is 10.0. The molecule has 0 bridgehead atoms. The summed E-state index contributed by atoms with van der Waals surface area (Å²) in [5.41, 5.74) is 1.96. The van der Waals surface area contributed by atoms with Gasteiger partial charge in [-0.1, -0.05) is 39.0 Å². The van der Waals surface area contributed by atoms with Crippen LogP contribution in [0.2, 0.25) is 0 Å². The van der Waals surface area contributed by atoms with E-state index in [1.165, 1.54) is 16.9 Å². The predicted octanol–water partition coefficient (Wildman–Crippen LogP) is 3.70. The molecule has 0 radical (unpaired) electrons. The van der Waals surface area contributed by atoms with Crippen molar-refractivity contribution in [2.75, 3.05) is 5.32 Å². The lowest BCUT2D eigenvalue weighted by Gasteiger charge is -2.21. The molecule has 1 aromatic carbocycles. The molecule has 122 valence electrons. The molecular formula is C18H22N2O2S. The number of aryl methyl sites for hydroxylation is 1. The summed E-state index contributed by atoms with van der Waals surface area (Å²) in [4.78, 5) is 25.3. The van der Waals surface area contributed by atoms with Gasteiger partial charge < -0.3 is 10.6 Å². The van der Waals surface area contributed by atoms with Crippen molar-refractivity contribution in [3.05, 3.63) is 52.2 Å². The molecule has 0 unspecified atom stereocenters. The van der Waals surface area contributed by atoms with Crippen LogP contribution in [0.4, 0.5) is 5.69 Å². The standard InChI is InChI=1S/C18H22N2O2S/c1-4-13-7-9-14(10-8-13)19-18(22)16(12(2)3)20-17(21)15-6-5-11-23-15/h5-12,16H,4H2,1-3H3,(H,19,22)(H,20,21)/t16-/m0/s1. The van der Waals surface area contributed by atoms with E-state index >= 15 is 0 Å². The maximum atomic E-state index is 12.5. The van der Waals surface area contributed by atoms with Crippen molar-refractivity contribution < 1.29 is 9.59 Å². The van der Waals surface area contributed by atoms with Crippen LogP contribution in [0, 0.1) is 5.92 Å². The lowest BCUT2D eigenvalue weighted by Crippen LogP contribution is -2.46. The molecule has 0 fully saturated rings. The zero-order valence-electron chi connectivity index (χ0n) is 13.6. The number of hydrogen-bond donors (Lipinski definition) is 2. The third kappa shape index (κ3) is 4.66. The van der Waals surface area contributed by atoms with Gasteiger partial charge in [0.2, 0.25) is 5.91 Å². The van der Waals surface area contributed by atoms with Gasteiger partial charge >= 0.3 is 0 Å². The molecule has 1 atom stereocenters. The molecule has 0 saturated heterocycles. The molecule has 0 saturated carbocycles. The Hall–Kier alpha value is -2.14. The first-order chi connectivity index (χ1) is 11.0. The minimum atomic E-state index is -0.574.